The molecule has 0 spiro atoms. The summed E-state index contributed by atoms with van der Waals surface area (Å²) < 4.78 is 6.35. The van der Waals surface area contributed by atoms with Crippen LogP contribution in [0.3, 0.4) is 0 Å². The zero-order valence-electron chi connectivity index (χ0n) is 14.7. The summed E-state index contributed by atoms with van der Waals surface area (Å²) >= 11 is 0. The van der Waals surface area contributed by atoms with Crippen molar-refractivity contribution >= 4 is 5.97 Å². The molecule has 1 aliphatic heterocycles. The number of hydrogen-bond donors (Lipinski definition) is 1. The van der Waals surface area contributed by atoms with Gasteiger partial charge in [-0.3, -0.25) is 4.79 Å². The average molecular weight is 328 g/mol. The summed E-state index contributed by atoms with van der Waals surface area (Å²) in [5, 5.41) is 9.51. The average Bonchev–Trinajstić information content (AvgIpc) is 2.82. The maximum Gasteiger partial charge on any atom is 0.307 e. The summed E-state index contributed by atoms with van der Waals surface area (Å²) in [6.45, 7) is 4.31. The van der Waals surface area contributed by atoms with E-state index in [4.69, 9.17) is 4.74 Å². The van der Waals surface area contributed by atoms with Crippen LogP contribution in [0.25, 0.3) is 0 Å². The molecule has 3 rings (SSSR count). The summed E-state index contributed by atoms with van der Waals surface area (Å²) in [6, 6.07) is 10.6. The van der Waals surface area contributed by atoms with E-state index in [0.717, 1.165) is 25.7 Å². The fourth-order valence-corrected chi connectivity index (χ4v) is 4.41. The van der Waals surface area contributed by atoms with Gasteiger partial charge in [-0.25, -0.2) is 0 Å². The van der Waals surface area contributed by atoms with Crippen molar-refractivity contribution < 1.29 is 14.6 Å². The van der Waals surface area contributed by atoms with E-state index < -0.39 is 5.97 Å². The number of carboxylic acid groups (broad SMARTS) is 1. The number of rotatable bonds is 5. The Kier molecular flexibility index (Phi) is 5.09. The van der Waals surface area contributed by atoms with Crippen LogP contribution < -0.4 is 0 Å². The van der Waals surface area contributed by atoms with Gasteiger partial charge in [0.2, 0.25) is 0 Å². The monoisotopic (exact) mass is 328 g/mol. The normalized spacial score (nSPS) is 31.9. The molecule has 0 amide bonds. The first-order chi connectivity index (χ1) is 11.4. The van der Waals surface area contributed by atoms with Crippen molar-refractivity contribution in [1.29, 1.82) is 0 Å². The van der Waals surface area contributed by atoms with Crippen molar-refractivity contribution in [3.05, 3.63) is 48.0 Å². The van der Waals surface area contributed by atoms with Crippen LogP contribution >= 0.6 is 0 Å². The van der Waals surface area contributed by atoms with Crippen LogP contribution in [0, 0.1) is 17.8 Å². The van der Waals surface area contributed by atoms with E-state index in [9.17, 15) is 9.90 Å². The minimum absolute atomic E-state index is 0.118. The van der Waals surface area contributed by atoms with Gasteiger partial charge in [0.25, 0.3) is 0 Å². The molecule has 4 atom stereocenters. The lowest BCUT2D eigenvalue weighted by Crippen LogP contribution is -2.31. The standard InChI is InChI=1S/C21H28O3/c1-21(2)14-17(12-15-8-4-3-5-9-15)19(24-21)13-16-10-6-7-11-18(16)20(22)23/h3-9,16-19H,10-14H2,1-2H3,(H,22,23)/t16?,17-,18?,19-/m1/s1. The lowest BCUT2D eigenvalue weighted by atomic mass is 9.77. The Labute approximate surface area is 144 Å². The van der Waals surface area contributed by atoms with Gasteiger partial charge in [-0.2, -0.15) is 0 Å². The highest BCUT2D eigenvalue weighted by atomic mass is 16.5. The maximum absolute atomic E-state index is 11.6. The van der Waals surface area contributed by atoms with Crippen molar-refractivity contribution in [1.82, 2.24) is 0 Å². The van der Waals surface area contributed by atoms with E-state index >= 15 is 0 Å². The molecule has 1 heterocycles. The third-order valence-corrected chi connectivity index (χ3v) is 5.51. The zero-order valence-corrected chi connectivity index (χ0v) is 14.7. The van der Waals surface area contributed by atoms with Crippen LogP contribution in [-0.2, 0) is 16.0 Å². The number of carbonyl (C=O) groups is 1. The Morgan fingerprint density at radius 3 is 2.58 bits per heavy atom. The van der Waals surface area contributed by atoms with Crippen LogP contribution in [0.5, 0.6) is 0 Å². The molecule has 0 bridgehead atoms. The first-order valence-electron chi connectivity index (χ1n) is 9.04. The quantitative estimate of drug-likeness (QED) is 0.811. The van der Waals surface area contributed by atoms with Gasteiger partial charge in [0, 0.05) is 0 Å². The molecule has 3 heteroatoms. The Bertz CT molecular complexity index is 590. The fraction of sp³-hybridized carbons (Fsp3) is 0.571. The highest BCUT2D eigenvalue weighted by molar-refractivity contribution is 5.70. The first-order valence-corrected chi connectivity index (χ1v) is 9.04. The number of hydrogen-bond acceptors (Lipinski definition) is 2. The molecule has 3 nitrogen and oxygen atoms in total. The minimum Gasteiger partial charge on any atom is -0.481 e. The predicted octanol–water partition coefficient (Wildman–Crippen LogP) is 4.47. The fourth-order valence-electron chi connectivity index (χ4n) is 4.41. The number of ether oxygens (including phenoxy) is 1. The van der Waals surface area contributed by atoms with E-state index in [0.29, 0.717) is 12.3 Å². The van der Waals surface area contributed by atoms with Crippen molar-refractivity contribution in [3.8, 4) is 0 Å². The number of carboxylic acids is 1. The first kappa shape index (κ1) is 17.2. The largest absolute Gasteiger partial charge is 0.481 e. The summed E-state index contributed by atoms with van der Waals surface area (Å²) in [7, 11) is 0. The van der Waals surface area contributed by atoms with Gasteiger partial charge >= 0.3 is 5.97 Å². The Balaban J connectivity index is 1.71. The molecule has 24 heavy (non-hydrogen) atoms. The van der Waals surface area contributed by atoms with E-state index in [1.165, 1.54) is 5.56 Å². The molecule has 0 aromatic heterocycles. The molecule has 2 unspecified atom stereocenters. The summed E-state index contributed by atoms with van der Waals surface area (Å²) in [5.74, 6) is -0.284. The minimum atomic E-state index is -0.666. The smallest absolute Gasteiger partial charge is 0.307 e. The van der Waals surface area contributed by atoms with Gasteiger partial charge in [0.05, 0.1) is 17.6 Å². The summed E-state index contributed by atoms with van der Waals surface area (Å²) in [6.07, 6.45) is 8.70. The molecular weight excluding hydrogens is 300 g/mol. The van der Waals surface area contributed by atoms with Crippen LogP contribution in [0.1, 0.15) is 45.1 Å². The molecule has 1 N–H and O–H groups in total. The maximum atomic E-state index is 11.6. The van der Waals surface area contributed by atoms with Gasteiger partial charge in [-0.05, 0) is 63.4 Å². The highest BCUT2D eigenvalue weighted by Crippen LogP contribution is 2.41. The SMILES string of the molecule is CC1(C)C[C@@H](Cc2ccccc2)[C@@H](CC2CC=CCC2C(=O)O)O1. The molecule has 1 aromatic rings. The second-order valence-corrected chi connectivity index (χ2v) is 7.95. The molecule has 1 fully saturated rings. The summed E-state index contributed by atoms with van der Waals surface area (Å²) in [5.41, 5.74) is 1.22. The van der Waals surface area contributed by atoms with Crippen molar-refractivity contribution in [2.45, 2.75) is 57.7 Å². The predicted molar refractivity (Wildman–Crippen MR) is 94.8 cm³/mol. The number of benzene rings is 1. The number of aliphatic carboxylic acids is 1. The van der Waals surface area contributed by atoms with Gasteiger partial charge in [0.1, 0.15) is 0 Å². The van der Waals surface area contributed by atoms with E-state index in [2.05, 4.69) is 44.2 Å². The second kappa shape index (κ2) is 7.10. The zero-order chi connectivity index (χ0) is 17.2. The molecule has 1 aliphatic carbocycles. The highest BCUT2D eigenvalue weighted by Gasteiger charge is 2.42. The van der Waals surface area contributed by atoms with Gasteiger partial charge < -0.3 is 9.84 Å². The third kappa shape index (κ3) is 4.07. The Hall–Kier alpha value is -1.61. The van der Waals surface area contributed by atoms with Crippen molar-refractivity contribution in [2.75, 3.05) is 0 Å². The van der Waals surface area contributed by atoms with Crippen LogP contribution in [0.15, 0.2) is 42.5 Å². The topological polar surface area (TPSA) is 46.5 Å². The summed E-state index contributed by atoms with van der Waals surface area (Å²) in [4.78, 5) is 11.6. The second-order valence-electron chi connectivity index (χ2n) is 7.95. The number of allylic oxidation sites excluding steroid dienone is 2. The third-order valence-electron chi connectivity index (χ3n) is 5.51. The van der Waals surface area contributed by atoms with Crippen molar-refractivity contribution in [3.63, 3.8) is 0 Å². The molecule has 1 saturated heterocycles. The Morgan fingerprint density at radius 2 is 1.88 bits per heavy atom. The lowest BCUT2D eigenvalue weighted by molar-refractivity contribution is -0.144. The molecule has 0 radical (unpaired) electrons. The van der Waals surface area contributed by atoms with E-state index in [1.807, 2.05) is 12.1 Å². The molecule has 2 aliphatic rings. The molecule has 130 valence electrons. The van der Waals surface area contributed by atoms with Gasteiger partial charge in [0.15, 0.2) is 0 Å². The van der Waals surface area contributed by atoms with Gasteiger partial charge in [-0.15, -0.1) is 0 Å². The lowest BCUT2D eigenvalue weighted by Gasteiger charge is -2.30. The molecular formula is C21H28O3. The van der Waals surface area contributed by atoms with Crippen molar-refractivity contribution in [2.24, 2.45) is 17.8 Å². The van der Waals surface area contributed by atoms with Crippen LogP contribution in [-0.4, -0.2) is 22.8 Å². The Morgan fingerprint density at radius 1 is 1.17 bits per heavy atom. The molecule has 0 saturated carbocycles. The van der Waals surface area contributed by atoms with E-state index in [1.54, 1.807) is 0 Å². The van der Waals surface area contributed by atoms with Crippen LogP contribution in [0.4, 0.5) is 0 Å². The molecule has 1 aromatic carbocycles. The van der Waals surface area contributed by atoms with E-state index in [-0.39, 0.29) is 23.5 Å². The van der Waals surface area contributed by atoms with Gasteiger partial charge in [-0.1, -0.05) is 42.5 Å². The van der Waals surface area contributed by atoms with Crippen LogP contribution in [0.2, 0.25) is 0 Å².